The predicted molar refractivity (Wildman–Crippen MR) is 83.1 cm³/mol. The summed E-state index contributed by atoms with van der Waals surface area (Å²) in [6.07, 6.45) is 1.68. The molecule has 0 aromatic heterocycles. The van der Waals surface area contributed by atoms with E-state index in [0.29, 0.717) is 30.4 Å². The lowest BCUT2D eigenvalue weighted by molar-refractivity contribution is -0.139. The zero-order valence-electron chi connectivity index (χ0n) is 13.8. The summed E-state index contributed by atoms with van der Waals surface area (Å²) in [7, 11) is -4.80. The van der Waals surface area contributed by atoms with E-state index in [1.165, 1.54) is 4.90 Å². The lowest BCUT2D eigenvalue weighted by Gasteiger charge is -2.29. The van der Waals surface area contributed by atoms with Gasteiger partial charge in [0, 0.05) is 12.6 Å². The molecule has 0 radical (unpaired) electrons. The van der Waals surface area contributed by atoms with Gasteiger partial charge in [-0.25, -0.2) is 10.3 Å². The Morgan fingerprint density at radius 1 is 1.44 bits per heavy atom. The van der Waals surface area contributed by atoms with Crippen LogP contribution in [0, 0.1) is 5.92 Å². The summed E-state index contributed by atoms with van der Waals surface area (Å²) in [5, 5.41) is 3.88. The monoisotopic (exact) mass is 378 g/mol. The Morgan fingerprint density at radius 2 is 2.20 bits per heavy atom. The standard InChI is InChI=1S/C13H22N4O7S/c1-8-4-9(14-5-8)7-23-15-12(18)11-3-2-10-6-16(11)13(19)17(10)24-25(20,21)22/h8-11,14H,2-7H2,1H3,(H,15,18)(H,20,21,22)/t8-,9+,10-,11+/m1/s1. The van der Waals surface area contributed by atoms with Crippen LogP contribution in [0.25, 0.3) is 0 Å². The van der Waals surface area contributed by atoms with E-state index in [2.05, 4.69) is 22.0 Å². The number of carbonyl (C=O) groups is 2. The Kier molecular flexibility index (Phi) is 5.16. The molecule has 4 atom stereocenters. The van der Waals surface area contributed by atoms with Crippen molar-refractivity contribution in [3.05, 3.63) is 0 Å². The van der Waals surface area contributed by atoms with Gasteiger partial charge in [-0.05, 0) is 31.7 Å². The lowest BCUT2D eigenvalue weighted by atomic mass is 10.0. The number of urea groups is 1. The summed E-state index contributed by atoms with van der Waals surface area (Å²) < 4.78 is 34.8. The quantitative estimate of drug-likeness (QED) is 0.397. The van der Waals surface area contributed by atoms with E-state index in [-0.39, 0.29) is 12.6 Å². The van der Waals surface area contributed by atoms with Gasteiger partial charge < -0.3 is 10.2 Å². The molecule has 3 fully saturated rings. The molecule has 0 spiro atoms. The molecule has 0 unspecified atom stereocenters. The number of hydrogen-bond acceptors (Lipinski definition) is 7. The number of nitrogens with zero attached hydrogens (tertiary/aromatic N) is 2. The number of rotatable bonds is 6. The zero-order chi connectivity index (χ0) is 18.2. The van der Waals surface area contributed by atoms with Crippen molar-refractivity contribution in [3.8, 4) is 0 Å². The summed E-state index contributed by atoms with van der Waals surface area (Å²) in [5.41, 5.74) is 2.36. The summed E-state index contributed by atoms with van der Waals surface area (Å²) in [5.74, 6) is 0.0992. The van der Waals surface area contributed by atoms with Crippen molar-refractivity contribution >= 4 is 22.3 Å². The van der Waals surface area contributed by atoms with E-state index in [0.717, 1.165) is 13.0 Å². The number of nitrogens with one attached hydrogen (secondary N) is 2. The van der Waals surface area contributed by atoms with Gasteiger partial charge >= 0.3 is 16.4 Å². The van der Waals surface area contributed by atoms with Crippen molar-refractivity contribution in [2.75, 3.05) is 19.7 Å². The van der Waals surface area contributed by atoms with Gasteiger partial charge in [0.05, 0.1) is 12.6 Å². The molecule has 25 heavy (non-hydrogen) atoms. The van der Waals surface area contributed by atoms with Crippen LogP contribution in [0.1, 0.15) is 26.2 Å². The van der Waals surface area contributed by atoms with Crippen molar-refractivity contribution in [2.45, 2.75) is 44.3 Å². The van der Waals surface area contributed by atoms with Crippen LogP contribution in [0.3, 0.4) is 0 Å². The molecule has 0 aromatic carbocycles. The maximum Gasteiger partial charge on any atom is 0.418 e. The van der Waals surface area contributed by atoms with E-state index < -0.39 is 34.4 Å². The molecular weight excluding hydrogens is 356 g/mol. The van der Waals surface area contributed by atoms with Gasteiger partial charge in [0.2, 0.25) is 0 Å². The van der Waals surface area contributed by atoms with Crippen LogP contribution in [0.4, 0.5) is 4.79 Å². The number of hydrogen-bond donors (Lipinski definition) is 3. The highest BCUT2D eigenvalue weighted by molar-refractivity contribution is 7.80. The Morgan fingerprint density at radius 3 is 2.84 bits per heavy atom. The fourth-order valence-corrected chi connectivity index (χ4v) is 3.92. The first-order valence-electron chi connectivity index (χ1n) is 8.16. The van der Waals surface area contributed by atoms with Crippen LogP contribution in [0.5, 0.6) is 0 Å². The molecule has 3 aliphatic rings. The normalized spacial score (nSPS) is 32.3. The average molecular weight is 378 g/mol. The van der Waals surface area contributed by atoms with Crippen molar-refractivity contribution in [3.63, 3.8) is 0 Å². The second-order valence-electron chi connectivity index (χ2n) is 6.73. The Hall–Kier alpha value is -1.47. The van der Waals surface area contributed by atoms with E-state index in [9.17, 15) is 18.0 Å². The van der Waals surface area contributed by atoms with Gasteiger partial charge in [-0.3, -0.25) is 14.2 Å². The first-order valence-corrected chi connectivity index (χ1v) is 9.53. The van der Waals surface area contributed by atoms with Gasteiger partial charge in [-0.15, -0.1) is 4.28 Å². The Labute approximate surface area is 145 Å². The minimum Gasteiger partial charge on any atom is -0.311 e. The summed E-state index contributed by atoms with van der Waals surface area (Å²) in [6.45, 7) is 3.52. The Balaban J connectivity index is 1.52. The van der Waals surface area contributed by atoms with Crippen LogP contribution < -0.4 is 10.8 Å². The first kappa shape index (κ1) is 18.3. The predicted octanol–water partition coefficient (Wildman–Crippen LogP) is -0.965. The average Bonchev–Trinajstić information content (AvgIpc) is 3.04. The molecule has 0 aliphatic carbocycles. The second-order valence-corrected chi connectivity index (χ2v) is 7.74. The summed E-state index contributed by atoms with van der Waals surface area (Å²) >= 11 is 0. The van der Waals surface area contributed by atoms with Gasteiger partial charge in [-0.1, -0.05) is 6.92 Å². The molecule has 2 bridgehead atoms. The molecule has 0 saturated carbocycles. The highest BCUT2D eigenvalue weighted by atomic mass is 32.3. The molecule has 142 valence electrons. The summed E-state index contributed by atoms with van der Waals surface area (Å²) in [4.78, 5) is 31.0. The molecular formula is C13H22N4O7S. The fraction of sp³-hybridized carbons (Fsp3) is 0.846. The van der Waals surface area contributed by atoms with E-state index in [4.69, 9.17) is 9.39 Å². The largest absolute Gasteiger partial charge is 0.418 e. The molecule has 3 rings (SSSR count). The number of amides is 3. The van der Waals surface area contributed by atoms with E-state index in [1.54, 1.807) is 0 Å². The highest BCUT2D eigenvalue weighted by Crippen LogP contribution is 2.30. The lowest BCUT2D eigenvalue weighted by Crippen LogP contribution is -2.50. The van der Waals surface area contributed by atoms with Crippen molar-refractivity contribution < 1.29 is 31.7 Å². The number of carbonyl (C=O) groups excluding carboxylic acids is 2. The molecule has 3 amide bonds. The minimum atomic E-state index is -4.80. The third-order valence-electron chi connectivity index (χ3n) is 4.70. The van der Waals surface area contributed by atoms with Crippen molar-refractivity contribution in [2.24, 2.45) is 5.92 Å². The second kappa shape index (κ2) is 7.03. The molecule has 3 heterocycles. The van der Waals surface area contributed by atoms with Crippen molar-refractivity contribution in [1.82, 2.24) is 20.8 Å². The van der Waals surface area contributed by atoms with E-state index in [1.807, 2.05) is 0 Å². The maximum atomic E-state index is 12.3. The minimum absolute atomic E-state index is 0.147. The molecule has 0 aromatic rings. The topological polar surface area (TPSA) is 138 Å². The number of hydroxylamine groups is 3. The number of fused-ring (bicyclic) bond motifs is 2. The van der Waals surface area contributed by atoms with Crippen LogP contribution in [0.2, 0.25) is 0 Å². The van der Waals surface area contributed by atoms with Crippen molar-refractivity contribution in [1.29, 1.82) is 0 Å². The highest BCUT2D eigenvalue weighted by Gasteiger charge is 2.49. The third-order valence-corrected chi connectivity index (χ3v) is 5.05. The molecule has 11 nitrogen and oxygen atoms in total. The molecule has 3 saturated heterocycles. The smallest absolute Gasteiger partial charge is 0.311 e. The maximum absolute atomic E-state index is 12.3. The molecule has 3 aliphatic heterocycles. The van der Waals surface area contributed by atoms with E-state index >= 15 is 0 Å². The first-order chi connectivity index (χ1) is 11.7. The van der Waals surface area contributed by atoms with Gasteiger partial charge in [-0.2, -0.15) is 13.5 Å². The zero-order valence-corrected chi connectivity index (χ0v) is 14.6. The Bertz CT molecular complexity index is 642. The summed E-state index contributed by atoms with van der Waals surface area (Å²) in [6, 6.07) is -1.89. The SMILES string of the molecule is C[C@H]1CN[C@H](CONC(=O)[C@@H]2CC[C@@H]3CN2C(=O)N3OS(=O)(=O)O)C1. The number of piperidine rings is 1. The molecule has 12 heteroatoms. The fourth-order valence-electron chi connectivity index (χ4n) is 3.53. The third kappa shape index (κ3) is 4.20. The van der Waals surface area contributed by atoms with Crippen LogP contribution in [-0.4, -0.2) is 72.7 Å². The van der Waals surface area contributed by atoms with Crippen LogP contribution >= 0.6 is 0 Å². The van der Waals surface area contributed by atoms with Crippen LogP contribution in [0.15, 0.2) is 0 Å². The van der Waals surface area contributed by atoms with Gasteiger partial charge in [0.25, 0.3) is 5.91 Å². The van der Waals surface area contributed by atoms with Gasteiger partial charge in [0.1, 0.15) is 6.04 Å². The van der Waals surface area contributed by atoms with Gasteiger partial charge in [0.15, 0.2) is 0 Å². The van der Waals surface area contributed by atoms with Crippen LogP contribution in [-0.2, 0) is 24.3 Å². The molecule has 3 N–H and O–H groups in total.